The summed E-state index contributed by atoms with van der Waals surface area (Å²) >= 11 is 2.10. The molecule has 3 aromatic rings. The van der Waals surface area contributed by atoms with E-state index in [4.69, 9.17) is 14.9 Å². The largest absolute Gasteiger partial charge is 0.464 e. The second-order valence-corrected chi connectivity index (χ2v) is 8.97. The highest BCUT2D eigenvalue weighted by molar-refractivity contribution is 7.99. The van der Waals surface area contributed by atoms with Crippen LogP contribution >= 0.6 is 23.1 Å². The van der Waals surface area contributed by atoms with Crippen LogP contribution in [0, 0.1) is 40.9 Å². The number of ether oxygens (including phenoxy) is 1. The van der Waals surface area contributed by atoms with Gasteiger partial charge in [-0.1, -0.05) is 0 Å². The molecule has 3 N–H and O–H groups in total. The second kappa shape index (κ2) is 11.2. The highest BCUT2D eigenvalue weighted by Crippen LogP contribution is 2.36. The number of amides is 1. The summed E-state index contributed by atoms with van der Waals surface area (Å²) in [6.45, 7) is 3.49. The molecule has 10 nitrogen and oxygen atoms in total. The number of anilines is 2. The van der Waals surface area contributed by atoms with E-state index < -0.39 is 11.9 Å². The van der Waals surface area contributed by atoms with E-state index in [1.807, 2.05) is 18.2 Å². The van der Waals surface area contributed by atoms with Crippen LogP contribution in [0.4, 0.5) is 10.8 Å². The maximum atomic E-state index is 12.6. The Labute approximate surface area is 208 Å². The van der Waals surface area contributed by atoms with Crippen LogP contribution in [0.2, 0.25) is 0 Å². The maximum Gasteiger partial charge on any atom is 0.348 e. The molecular formula is C23H18N6O4S2. The number of furan rings is 1. The lowest BCUT2D eigenvalue weighted by molar-refractivity contribution is -0.115. The van der Waals surface area contributed by atoms with Gasteiger partial charge in [-0.15, -0.1) is 23.1 Å². The van der Waals surface area contributed by atoms with Crippen LogP contribution in [0.3, 0.4) is 0 Å². The van der Waals surface area contributed by atoms with Gasteiger partial charge in [0.05, 0.1) is 29.6 Å². The van der Waals surface area contributed by atoms with Crippen LogP contribution in [-0.4, -0.2) is 29.2 Å². The molecule has 0 unspecified atom stereocenters. The molecule has 35 heavy (non-hydrogen) atoms. The van der Waals surface area contributed by atoms with Gasteiger partial charge in [-0.3, -0.25) is 4.79 Å². The minimum Gasteiger partial charge on any atom is -0.464 e. The summed E-state index contributed by atoms with van der Waals surface area (Å²) in [6.07, 6.45) is 1.43. The van der Waals surface area contributed by atoms with Gasteiger partial charge in [0, 0.05) is 12.2 Å². The first-order valence-corrected chi connectivity index (χ1v) is 12.0. The molecule has 0 fully saturated rings. The Morgan fingerprint density at radius 3 is 2.54 bits per heavy atom. The zero-order valence-corrected chi connectivity index (χ0v) is 20.3. The maximum absolute atomic E-state index is 12.6. The highest BCUT2D eigenvalue weighted by Gasteiger charge is 2.24. The molecule has 3 aromatic heterocycles. The van der Waals surface area contributed by atoms with E-state index in [0.717, 1.165) is 23.1 Å². The molecule has 12 heteroatoms. The van der Waals surface area contributed by atoms with Crippen molar-refractivity contribution in [1.82, 2.24) is 4.98 Å². The Kier molecular flexibility index (Phi) is 8.11. The van der Waals surface area contributed by atoms with Gasteiger partial charge in [-0.25, -0.2) is 9.78 Å². The van der Waals surface area contributed by atoms with Gasteiger partial charge in [0.2, 0.25) is 5.91 Å². The normalized spacial score (nSPS) is 10.1. The predicted octanol–water partition coefficient (Wildman–Crippen LogP) is 4.21. The van der Waals surface area contributed by atoms with Crippen molar-refractivity contribution in [1.29, 1.82) is 15.8 Å². The minimum absolute atomic E-state index is 0.0176. The second-order valence-electron chi connectivity index (χ2n) is 6.87. The first-order valence-electron chi connectivity index (χ1n) is 10.2. The molecule has 3 heterocycles. The lowest BCUT2D eigenvalue weighted by atomic mass is 10.0. The van der Waals surface area contributed by atoms with Crippen LogP contribution in [0.5, 0.6) is 0 Å². The number of carbonyl (C=O) groups excluding carboxylic acids is 2. The van der Waals surface area contributed by atoms with Gasteiger partial charge < -0.3 is 20.2 Å². The van der Waals surface area contributed by atoms with Crippen molar-refractivity contribution in [2.45, 2.75) is 25.3 Å². The first-order chi connectivity index (χ1) is 16.9. The number of nitrogens with one attached hydrogen (secondary N) is 1. The quantitative estimate of drug-likeness (QED) is 0.332. The highest BCUT2D eigenvalue weighted by atomic mass is 32.2. The summed E-state index contributed by atoms with van der Waals surface area (Å²) < 4.78 is 10.4. The number of nitrogen functional groups attached to an aromatic ring is 1. The zero-order chi connectivity index (χ0) is 25.5. The van der Waals surface area contributed by atoms with Crippen molar-refractivity contribution in [2.24, 2.45) is 0 Å². The molecule has 0 atom stereocenters. The molecule has 0 spiro atoms. The predicted molar refractivity (Wildman–Crippen MR) is 129 cm³/mol. The fraction of sp³-hybridized carbons (Fsp3) is 0.217. The van der Waals surface area contributed by atoms with Crippen LogP contribution in [0.25, 0.3) is 11.3 Å². The SMILES string of the molecule is CCOC(=O)c1sc(NC(=O)CCSc2nc(N)c(C#N)c(-c3ccco3)c2C#N)c(C#N)c1C. The average molecular weight is 507 g/mol. The fourth-order valence-electron chi connectivity index (χ4n) is 3.13. The van der Waals surface area contributed by atoms with Gasteiger partial charge >= 0.3 is 5.97 Å². The monoisotopic (exact) mass is 506 g/mol. The lowest BCUT2D eigenvalue weighted by Gasteiger charge is -2.11. The van der Waals surface area contributed by atoms with Crippen molar-refractivity contribution < 1.29 is 18.7 Å². The van der Waals surface area contributed by atoms with E-state index >= 15 is 0 Å². The lowest BCUT2D eigenvalue weighted by Crippen LogP contribution is -2.12. The topological polar surface area (TPSA) is 179 Å². The summed E-state index contributed by atoms with van der Waals surface area (Å²) in [5, 5.41) is 31.9. The summed E-state index contributed by atoms with van der Waals surface area (Å²) in [7, 11) is 0. The summed E-state index contributed by atoms with van der Waals surface area (Å²) in [4.78, 5) is 29.1. The van der Waals surface area contributed by atoms with Crippen molar-refractivity contribution in [3.05, 3.63) is 45.5 Å². The van der Waals surface area contributed by atoms with Gasteiger partial charge in [-0.2, -0.15) is 15.8 Å². The van der Waals surface area contributed by atoms with Gasteiger partial charge in [0.25, 0.3) is 0 Å². The molecule has 0 saturated heterocycles. The molecule has 0 aromatic carbocycles. The van der Waals surface area contributed by atoms with Gasteiger partial charge in [-0.05, 0) is 31.5 Å². The number of carbonyl (C=O) groups is 2. The van der Waals surface area contributed by atoms with Gasteiger partial charge in [0.1, 0.15) is 50.3 Å². The molecule has 0 saturated carbocycles. The number of pyridine rings is 1. The number of nitrogens with two attached hydrogens (primary N) is 1. The standard InChI is InChI=1S/C23H18N6O4S2/c1-3-32-23(31)19-12(2)13(9-24)22(35-19)28-17(30)6-8-34-21-15(11-26)18(16-5-4-7-33-16)14(10-25)20(27)29-21/h4-5,7H,3,6,8H2,1-2H3,(H2,27,29)(H,28,30). The third-order valence-corrected chi connectivity index (χ3v) is 6.89. The Hall–Kier alpha value is -4.31. The summed E-state index contributed by atoms with van der Waals surface area (Å²) in [6, 6.07) is 9.25. The molecule has 176 valence electrons. The van der Waals surface area contributed by atoms with Crippen LogP contribution in [0.1, 0.15) is 45.3 Å². The number of nitrogens with zero attached hydrogens (tertiary/aromatic N) is 4. The molecular weight excluding hydrogens is 488 g/mol. The van der Waals surface area contributed by atoms with E-state index in [1.54, 1.807) is 26.0 Å². The zero-order valence-electron chi connectivity index (χ0n) is 18.7. The fourth-order valence-corrected chi connectivity index (χ4v) is 5.13. The van der Waals surface area contributed by atoms with Crippen molar-refractivity contribution in [2.75, 3.05) is 23.4 Å². The van der Waals surface area contributed by atoms with Crippen LogP contribution in [0.15, 0.2) is 27.8 Å². The van der Waals surface area contributed by atoms with E-state index in [0.29, 0.717) is 11.3 Å². The summed E-state index contributed by atoms with van der Waals surface area (Å²) in [5.41, 5.74) is 7.00. The molecule has 1 amide bonds. The van der Waals surface area contributed by atoms with E-state index in [-0.39, 0.29) is 61.8 Å². The number of esters is 1. The first kappa shape index (κ1) is 25.3. The Morgan fingerprint density at radius 1 is 1.23 bits per heavy atom. The van der Waals surface area contributed by atoms with Crippen molar-refractivity contribution in [3.63, 3.8) is 0 Å². The smallest absolute Gasteiger partial charge is 0.348 e. The molecule has 3 rings (SSSR count). The number of thiophene rings is 1. The van der Waals surface area contributed by atoms with E-state index in [1.165, 1.54) is 6.26 Å². The van der Waals surface area contributed by atoms with Crippen LogP contribution < -0.4 is 11.1 Å². The van der Waals surface area contributed by atoms with Crippen molar-refractivity contribution in [3.8, 4) is 29.5 Å². The third kappa shape index (κ3) is 5.28. The number of aromatic nitrogens is 1. The molecule has 0 aliphatic carbocycles. The Balaban J connectivity index is 1.76. The minimum atomic E-state index is -0.552. The Morgan fingerprint density at radius 2 is 1.94 bits per heavy atom. The van der Waals surface area contributed by atoms with Crippen LogP contribution in [-0.2, 0) is 9.53 Å². The Bertz CT molecular complexity index is 1410. The number of hydrogen-bond acceptors (Lipinski definition) is 11. The molecule has 0 bridgehead atoms. The van der Waals surface area contributed by atoms with E-state index in [2.05, 4.69) is 10.3 Å². The van der Waals surface area contributed by atoms with Gasteiger partial charge in [0.15, 0.2) is 0 Å². The van der Waals surface area contributed by atoms with Crippen molar-refractivity contribution >= 4 is 45.8 Å². The number of rotatable bonds is 8. The molecule has 0 radical (unpaired) electrons. The number of thioether (sulfide) groups is 1. The average Bonchev–Trinajstić information content (AvgIpc) is 3.46. The molecule has 0 aliphatic rings. The number of nitriles is 3. The third-order valence-electron chi connectivity index (χ3n) is 4.72. The summed E-state index contributed by atoms with van der Waals surface area (Å²) in [5.74, 6) is -0.459. The molecule has 0 aliphatic heterocycles. The number of hydrogen-bond donors (Lipinski definition) is 2. The van der Waals surface area contributed by atoms with E-state index in [9.17, 15) is 25.4 Å².